The van der Waals surface area contributed by atoms with Gasteiger partial charge in [-0.2, -0.15) is 0 Å². The highest BCUT2D eigenvalue weighted by Crippen LogP contribution is 2.16. The minimum Gasteiger partial charge on any atom is -0.370 e. The van der Waals surface area contributed by atoms with Gasteiger partial charge in [0.15, 0.2) is 0 Å². The van der Waals surface area contributed by atoms with Crippen LogP contribution in [-0.2, 0) is 6.54 Å². The van der Waals surface area contributed by atoms with Crippen molar-refractivity contribution < 1.29 is 0 Å². The Balaban J connectivity index is 2.72. The molecule has 0 saturated carbocycles. The summed E-state index contributed by atoms with van der Waals surface area (Å²) in [5.41, 5.74) is 1.28. The molecule has 0 bridgehead atoms. The van der Waals surface area contributed by atoms with Crippen molar-refractivity contribution in [3.05, 3.63) is 23.9 Å². The van der Waals surface area contributed by atoms with E-state index in [-0.39, 0.29) is 0 Å². The maximum absolute atomic E-state index is 4.39. The number of hydrogen-bond donors (Lipinski definition) is 1. The van der Waals surface area contributed by atoms with E-state index in [4.69, 9.17) is 0 Å². The van der Waals surface area contributed by atoms with Crippen molar-refractivity contribution in [3.8, 4) is 0 Å². The van der Waals surface area contributed by atoms with E-state index in [1.54, 1.807) is 0 Å². The molecule has 0 saturated heterocycles. The molecule has 1 rings (SSSR count). The fourth-order valence-corrected chi connectivity index (χ4v) is 2.20. The van der Waals surface area contributed by atoms with E-state index in [1.807, 2.05) is 12.3 Å². The van der Waals surface area contributed by atoms with Crippen LogP contribution in [-0.4, -0.2) is 29.5 Å². The molecule has 3 nitrogen and oxygen atoms in total. The molecule has 1 N–H and O–H groups in total. The largest absolute Gasteiger partial charge is 0.370 e. The standard InChI is InChI=1S/C14H25N3/c1-5-13(6-2)17(4)11-12-9-8-10-16-14(12)15-7-3/h8-10,13H,5-7,11H2,1-4H3,(H,15,16). The predicted molar refractivity (Wildman–Crippen MR) is 74.2 cm³/mol. The van der Waals surface area contributed by atoms with E-state index < -0.39 is 0 Å². The molecule has 0 amide bonds. The summed E-state index contributed by atoms with van der Waals surface area (Å²) in [5, 5.41) is 3.32. The van der Waals surface area contributed by atoms with Gasteiger partial charge in [0.05, 0.1) is 0 Å². The van der Waals surface area contributed by atoms with Crippen molar-refractivity contribution >= 4 is 5.82 Å². The Morgan fingerprint density at radius 2 is 2.00 bits per heavy atom. The average molecular weight is 235 g/mol. The Morgan fingerprint density at radius 1 is 1.29 bits per heavy atom. The lowest BCUT2D eigenvalue weighted by molar-refractivity contribution is 0.222. The van der Waals surface area contributed by atoms with Crippen molar-refractivity contribution in [2.45, 2.75) is 46.2 Å². The average Bonchev–Trinajstić information content (AvgIpc) is 2.33. The van der Waals surface area contributed by atoms with Gasteiger partial charge < -0.3 is 5.32 Å². The van der Waals surface area contributed by atoms with E-state index in [9.17, 15) is 0 Å². The number of nitrogens with one attached hydrogen (secondary N) is 1. The quantitative estimate of drug-likeness (QED) is 0.787. The summed E-state index contributed by atoms with van der Waals surface area (Å²) >= 11 is 0. The number of nitrogens with zero attached hydrogens (tertiary/aromatic N) is 2. The van der Waals surface area contributed by atoms with Crippen LogP contribution in [0.4, 0.5) is 5.82 Å². The van der Waals surface area contributed by atoms with Gasteiger partial charge in [-0.15, -0.1) is 0 Å². The molecule has 96 valence electrons. The topological polar surface area (TPSA) is 28.2 Å². The van der Waals surface area contributed by atoms with Gasteiger partial charge in [0.25, 0.3) is 0 Å². The Bertz CT molecular complexity index is 321. The van der Waals surface area contributed by atoms with Crippen LogP contribution < -0.4 is 5.32 Å². The van der Waals surface area contributed by atoms with Gasteiger partial charge in [-0.25, -0.2) is 4.98 Å². The summed E-state index contributed by atoms with van der Waals surface area (Å²) < 4.78 is 0. The maximum atomic E-state index is 4.39. The second-order valence-electron chi connectivity index (χ2n) is 4.43. The second-order valence-corrected chi connectivity index (χ2v) is 4.43. The lowest BCUT2D eigenvalue weighted by atomic mass is 10.1. The maximum Gasteiger partial charge on any atom is 0.130 e. The Kier molecular flexibility index (Phi) is 5.98. The van der Waals surface area contributed by atoms with Crippen LogP contribution in [0.15, 0.2) is 18.3 Å². The van der Waals surface area contributed by atoms with Crippen molar-refractivity contribution in [1.82, 2.24) is 9.88 Å². The highest BCUT2D eigenvalue weighted by Gasteiger charge is 2.12. The molecule has 0 aromatic carbocycles. The van der Waals surface area contributed by atoms with Crippen LogP contribution in [0, 0.1) is 0 Å². The first-order valence-electron chi connectivity index (χ1n) is 6.60. The minimum atomic E-state index is 0.657. The summed E-state index contributed by atoms with van der Waals surface area (Å²) in [4.78, 5) is 6.81. The first kappa shape index (κ1) is 14.0. The molecule has 1 heterocycles. The number of hydrogen-bond acceptors (Lipinski definition) is 3. The SMILES string of the molecule is CCNc1ncccc1CN(C)C(CC)CC. The highest BCUT2D eigenvalue weighted by atomic mass is 15.1. The smallest absolute Gasteiger partial charge is 0.130 e. The normalized spacial score (nSPS) is 11.2. The van der Waals surface area contributed by atoms with Gasteiger partial charge in [-0.3, -0.25) is 4.90 Å². The molecular formula is C14H25N3. The van der Waals surface area contributed by atoms with E-state index in [0.29, 0.717) is 6.04 Å². The van der Waals surface area contributed by atoms with E-state index in [2.05, 4.69) is 49.1 Å². The van der Waals surface area contributed by atoms with Crippen LogP contribution >= 0.6 is 0 Å². The fraction of sp³-hybridized carbons (Fsp3) is 0.643. The van der Waals surface area contributed by atoms with Crippen LogP contribution in [0.3, 0.4) is 0 Å². The van der Waals surface area contributed by atoms with Gasteiger partial charge in [-0.1, -0.05) is 19.9 Å². The molecule has 0 spiro atoms. The van der Waals surface area contributed by atoms with Gasteiger partial charge in [0.1, 0.15) is 5.82 Å². The second kappa shape index (κ2) is 7.28. The molecule has 0 unspecified atom stereocenters. The van der Waals surface area contributed by atoms with Crippen LogP contribution in [0.25, 0.3) is 0 Å². The number of pyridine rings is 1. The summed E-state index contributed by atoms with van der Waals surface area (Å²) in [6, 6.07) is 4.82. The molecule has 0 aliphatic carbocycles. The first-order valence-corrected chi connectivity index (χ1v) is 6.60. The van der Waals surface area contributed by atoms with Crippen LogP contribution in [0.5, 0.6) is 0 Å². The van der Waals surface area contributed by atoms with Crippen LogP contribution in [0.1, 0.15) is 39.2 Å². The zero-order valence-electron chi connectivity index (χ0n) is 11.5. The van der Waals surface area contributed by atoms with E-state index >= 15 is 0 Å². The van der Waals surface area contributed by atoms with Crippen molar-refractivity contribution in [2.24, 2.45) is 0 Å². The van der Waals surface area contributed by atoms with Gasteiger partial charge in [0.2, 0.25) is 0 Å². The molecular weight excluding hydrogens is 210 g/mol. The highest BCUT2D eigenvalue weighted by molar-refractivity contribution is 5.43. The third kappa shape index (κ3) is 4.00. The zero-order valence-corrected chi connectivity index (χ0v) is 11.5. The molecule has 17 heavy (non-hydrogen) atoms. The lowest BCUT2D eigenvalue weighted by Gasteiger charge is -2.26. The molecule has 0 atom stereocenters. The van der Waals surface area contributed by atoms with Gasteiger partial charge in [-0.05, 0) is 32.9 Å². The zero-order chi connectivity index (χ0) is 12.7. The summed E-state index contributed by atoms with van der Waals surface area (Å²) in [6.45, 7) is 8.47. The number of rotatable bonds is 7. The fourth-order valence-electron chi connectivity index (χ4n) is 2.20. The van der Waals surface area contributed by atoms with Crippen molar-refractivity contribution in [1.29, 1.82) is 0 Å². The Hall–Kier alpha value is -1.09. The summed E-state index contributed by atoms with van der Waals surface area (Å²) in [6.07, 6.45) is 4.24. The van der Waals surface area contributed by atoms with E-state index in [1.165, 1.54) is 18.4 Å². The third-order valence-electron chi connectivity index (χ3n) is 3.22. The molecule has 3 heteroatoms. The molecule has 1 aromatic rings. The van der Waals surface area contributed by atoms with Gasteiger partial charge >= 0.3 is 0 Å². The van der Waals surface area contributed by atoms with Crippen molar-refractivity contribution in [2.75, 3.05) is 18.9 Å². The number of anilines is 1. The molecule has 0 aliphatic rings. The number of aromatic nitrogens is 1. The molecule has 0 aliphatic heterocycles. The Morgan fingerprint density at radius 3 is 2.59 bits per heavy atom. The van der Waals surface area contributed by atoms with Gasteiger partial charge in [0, 0.05) is 30.9 Å². The molecule has 1 aromatic heterocycles. The Labute approximate surface area is 105 Å². The third-order valence-corrected chi connectivity index (χ3v) is 3.22. The summed E-state index contributed by atoms with van der Waals surface area (Å²) in [7, 11) is 2.19. The van der Waals surface area contributed by atoms with Crippen LogP contribution in [0.2, 0.25) is 0 Å². The monoisotopic (exact) mass is 235 g/mol. The predicted octanol–water partition coefficient (Wildman–Crippen LogP) is 3.13. The first-order chi connectivity index (χ1) is 8.22. The summed E-state index contributed by atoms with van der Waals surface area (Å²) in [5.74, 6) is 1.02. The van der Waals surface area contributed by atoms with E-state index in [0.717, 1.165) is 18.9 Å². The molecule has 0 radical (unpaired) electrons. The molecule has 0 fully saturated rings. The lowest BCUT2D eigenvalue weighted by Crippen LogP contribution is -2.30. The van der Waals surface area contributed by atoms with Crippen molar-refractivity contribution in [3.63, 3.8) is 0 Å². The minimum absolute atomic E-state index is 0.657.